The van der Waals surface area contributed by atoms with Crippen LogP contribution in [0.25, 0.3) is 0 Å². The molecular formula is C5H14N2O. The minimum Gasteiger partial charge on any atom is -0.379 e. The molecule has 0 rings (SSSR count). The van der Waals surface area contributed by atoms with E-state index in [1.165, 1.54) is 0 Å². The van der Waals surface area contributed by atoms with E-state index in [0.29, 0.717) is 0 Å². The van der Waals surface area contributed by atoms with E-state index in [0.717, 1.165) is 13.1 Å². The van der Waals surface area contributed by atoms with E-state index in [9.17, 15) is 0 Å². The molecule has 3 heteroatoms. The van der Waals surface area contributed by atoms with Gasteiger partial charge in [-0.25, -0.2) is 0 Å². The zero-order valence-corrected chi connectivity index (χ0v) is 5.44. The Kier molecular flexibility index (Phi) is 4.95. The van der Waals surface area contributed by atoms with Crippen LogP contribution in [0.15, 0.2) is 0 Å². The summed E-state index contributed by atoms with van der Waals surface area (Å²) in [5.74, 6) is 0. The molecule has 0 fully saturated rings. The maximum Gasteiger partial charge on any atom is 0.102 e. The summed E-state index contributed by atoms with van der Waals surface area (Å²) in [6, 6.07) is 0. The van der Waals surface area contributed by atoms with E-state index in [1.807, 2.05) is 7.05 Å². The van der Waals surface area contributed by atoms with Gasteiger partial charge in [0.1, 0.15) is 6.23 Å². The van der Waals surface area contributed by atoms with Crippen LogP contribution in [0.1, 0.15) is 6.92 Å². The van der Waals surface area contributed by atoms with Crippen LogP contribution < -0.4 is 10.6 Å². The molecule has 3 N–H and O–H groups in total. The minimum atomic E-state index is -0.386. The van der Waals surface area contributed by atoms with Crippen LogP contribution in [-0.2, 0) is 0 Å². The fourth-order valence-electron chi connectivity index (χ4n) is 0.406. The Morgan fingerprint density at radius 3 is 2.50 bits per heavy atom. The smallest absolute Gasteiger partial charge is 0.102 e. The van der Waals surface area contributed by atoms with Gasteiger partial charge in [0.15, 0.2) is 0 Å². The normalized spacial score (nSPS) is 13.9. The second-order valence-corrected chi connectivity index (χ2v) is 1.73. The number of likely N-dealkylation sites (N-methyl/N-ethyl adjacent to an activating group) is 1. The number of nitrogens with one attached hydrogen (secondary N) is 2. The third kappa shape index (κ3) is 5.88. The van der Waals surface area contributed by atoms with Crippen LogP contribution in [0.4, 0.5) is 0 Å². The highest BCUT2D eigenvalue weighted by molar-refractivity contribution is 4.46. The molecular weight excluding hydrogens is 104 g/mol. The average Bonchev–Trinajstić information content (AvgIpc) is 1.66. The van der Waals surface area contributed by atoms with Crippen molar-refractivity contribution in [3.63, 3.8) is 0 Å². The van der Waals surface area contributed by atoms with Crippen molar-refractivity contribution in [1.29, 1.82) is 0 Å². The first kappa shape index (κ1) is 7.88. The van der Waals surface area contributed by atoms with Gasteiger partial charge in [-0.1, -0.05) is 0 Å². The molecule has 0 aromatic carbocycles. The molecule has 0 radical (unpaired) electrons. The Bertz CT molecular complexity index is 47.7. The van der Waals surface area contributed by atoms with Crippen LogP contribution in [0.5, 0.6) is 0 Å². The lowest BCUT2D eigenvalue weighted by molar-refractivity contribution is 0.157. The van der Waals surface area contributed by atoms with Crippen LogP contribution in [-0.4, -0.2) is 31.5 Å². The quantitative estimate of drug-likeness (QED) is 0.332. The van der Waals surface area contributed by atoms with E-state index in [2.05, 4.69) is 10.6 Å². The topological polar surface area (TPSA) is 44.3 Å². The van der Waals surface area contributed by atoms with E-state index in [4.69, 9.17) is 5.11 Å². The van der Waals surface area contributed by atoms with E-state index in [1.54, 1.807) is 6.92 Å². The summed E-state index contributed by atoms with van der Waals surface area (Å²) < 4.78 is 0. The lowest BCUT2D eigenvalue weighted by Crippen LogP contribution is -2.31. The first-order valence-corrected chi connectivity index (χ1v) is 2.83. The fraction of sp³-hybridized carbons (Fsp3) is 1.00. The Hall–Kier alpha value is -0.120. The standard InChI is InChI=1S/C5H14N2O/c1-5(8)7-4-3-6-2/h5-8H,3-4H2,1-2H3/t5-/m1/s1. The summed E-state index contributed by atoms with van der Waals surface area (Å²) in [5, 5.41) is 14.4. The third-order valence-electron chi connectivity index (χ3n) is 0.815. The summed E-state index contributed by atoms with van der Waals surface area (Å²) >= 11 is 0. The van der Waals surface area contributed by atoms with Gasteiger partial charge in [-0.15, -0.1) is 0 Å². The van der Waals surface area contributed by atoms with Gasteiger partial charge in [-0.2, -0.15) is 0 Å². The maximum absolute atomic E-state index is 8.64. The molecule has 0 aromatic rings. The molecule has 50 valence electrons. The van der Waals surface area contributed by atoms with Crippen molar-refractivity contribution in [1.82, 2.24) is 10.6 Å². The summed E-state index contributed by atoms with van der Waals surface area (Å²) in [6.07, 6.45) is -0.386. The van der Waals surface area contributed by atoms with E-state index >= 15 is 0 Å². The molecule has 0 aromatic heterocycles. The number of hydrogen-bond donors (Lipinski definition) is 3. The predicted molar refractivity (Wildman–Crippen MR) is 33.6 cm³/mol. The molecule has 8 heavy (non-hydrogen) atoms. The predicted octanol–water partition coefficient (Wildman–Crippen LogP) is -0.866. The Morgan fingerprint density at radius 2 is 2.12 bits per heavy atom. The number of hydrogen-bond acceptors (Lipinski definition) is 3. The molecule has 0 aliphatic heterocycles. The molecule has 0 amide bonds. The van der Waals surface area contributed by atoms with Crippen molar-refractivity contribution >= 4 is 0 Å². The number of aliphatic hydroxyl groups excluding tert-OH is 1. The highest BCUT2D eigenvalue weighted by Gasteiger charge is 1.88. The summed E-state index contributed by atoms with van der Waals surface area (Å²) in [4.78, 5) is 0. The molecule has 0 saturated carbocycles. The van der Waals surface area contributed by atoms with Gasteiger partial charge in [0.2, 0.25) is 0 Å². The van der Waals surface area contributed by atoms with Crippen molar-refractivity contribution in [3.05, 3.63) is 0 Å². The monoisotopic (exact) mass is 118 g/mol. The summed E-state index contributed by atoms with van der Waals surface area (Å²) in [7, 11) is 1.88. The fourth-order valence-corrected chi connectivity index (χ4v) is 0.406. The van der Waals surface area contributed by atoms with E-state index in [-0.39, 0.29) is 6.23 Å². The minimum absolute atomic E-state index is 0.386. The van der Waals surface area contributed by atoms with Crippen LogP contribution in [0, 0.1) is 0 Å². The maximum atomic E-state index is 8.64. The van der Waals surface area contributed by atoms with Crippen molar-refractivity contribution in [2.24, 2.45) is 0 Å². The first-order valence-electron chi connectivity index (χ1n) is 2.83. The first-order chi connectivity index (χ1) is 3.77. The van der Waals surface area contributed by atoms with Crippen LogP contribution in [0.3, 0.4) is 0 Å². The Balaban J connectivity index is 2.72. The van der Waals surface area contributed by atoms with Crippen LogP contribution >= 0.6 is 0 Å². The molecule has 1 atom stereocenters. The molecule has 0 heterocycles. The lowest BCUT2D eigenvalue weighted by atomic mass is 10.5. The van der Waals surface area contributed by atoms with Gasteiger partial charge in [-0.05, 0) is 14.0 Å². The molecule has 0 saturated heterocycles. The second-order valence-electron chi connectivity index (χ2n) is 1.73. The SMILES string of the molecule is CNCCN[C@@H](C)O. The Labute approximate surface area is 50.1 Å². The van der Waals surface area contributed by atoms with Gasteiger partial charge < -0.3 is 10.4 Å². The van der Waals surface area contributed by atoms with Gasteiger partial charge in [-0.3, -0.25) is 5.32 Å². The van der Waals surface area contributed by atoms with Crippen molar-refractivity contribution in [2.75, 3.05) is 20.1 Å². The number of aliphatic hydroxyl groups is 1. The third-order valence-corrected chi connectivity index (χ3v) is 0.815. The highest BCUT2D eigenvalue weighted by Crippen LogP contribution is 1.66. The molecule has 0 unspecified atom stereocenters. The zero-order chi connectivity index (χ0) is 6.41. The molecule has 0 aliphatic rings. The largest absolute Gasteiger partial charge is 0.379 e. The zero-order valence-electron chi connectivity index (χ0n) is 5.44. The molecule has 3 nitrogen and oxygen atoms in total. The van der Waals surface area contributed by atoms with Crippen molar-refractivity contribution in [3.8, 4) is 0 Å². The van der Waals surface area contributed by atoms with Crippen LogP contribution in [0.2, 0.25) is 0 Å². The lowest BCUT2D eigenvalue weighted by Gasteiger charge is -2.04. The van der Waals surface area contributed by atoms with Gasteiger partial charge in [0.25, 0.3) is 0 Å². The second kappa shape index (κ2) is 5.03. The molecule has 0 bridgehead atoms. The molecule has 0 aliphatic carbocycles. The van der Waals surface area contributed by atoms with Gasteiger partial charge in [0, 0.05) is 13.1 Å². The average molecular weight is 118 g/mol. The number of rotatable bonds is 4. The Morgan fingerprint density at radius 1 is 1.50 bits per heavy atom. The van der Waals surface area contributed by atoms with Gasteiger partial charge >= 0.3 is 0 Å². The highest BCUT2D eigenvalue weighted by atomic mass is 16.3. The summed E-state index contributed by atoms with van der Waals surface area (Å²) in [5.41, 5.74) is 0. The van der Waals surface area contributed by atoms with Crippen molar-refractivity contribution in [2.45, 2.75) is 13.2 Å². The van der Waals surface area contributed by atoms with E-state index < -0.39 is 0 Å². The van der Waals surface area contributed by atoms with Crippen molar-refractivity contribution < 1.29 is 5.11 Å². The molecule has 0 spiro atoms. The summed E-state index contributed by atoms with van der Waals surface area (Å²) in [6.45, 7) is 3.41. The van der Waals surface area contributed by atoms with Gasteiger partial charge in [0.05, 0.1) is 0 Å².